The lowest BCUT2D eigenvalue weighted by Gasteiger charge is -2.33. The van der Waals surface area contributed by atoms with Crippen molar-refractivity contribution in [3.05, 3.63) is 51.5 Å². The van der Waals surface area contributed by atoms with Gasteiger partial charge in [-0.25, -0.2) is 9.37 Å². The van der Waals surface area contributed by atoms with Crippen LogP contribution < -0.4 is 15.8 Å². The number of ether oxygens (including phenoxy) is 1. The van der Waals surface area contributed by atoms with Crippen LogP contribution in [0.5, 0.6) is 5.75 Å². The molecule has 1 aromatic heterocycles. The fourth-order valence-corrected chi connectivity index (χ4v) is 3.59. The number of aromatic hydroxyl groups is 1. The zero-order valence-electron chi connectivity index (χ0n) is 16.6. The van der Waals surface area contributed by atoms with Crippen LogP contribution in [0.2, 0.25) is 0 Å². The summed E-state index contributed by atoms with van der Waals surface area (Å²) in [5.74, 6) is -1.89. The van der Waals surface area contributed by atoms with Gasteiger partial charge in [0, 0.05) is 19.5 Å². The van der Waals surface area contributed by atoms with Gasteiger partial charge in [0.05, 0.1) is 18.8 Å². The maximum absolute atomic E-state index is 13.7. The van der Waals surface area contributed by atoms with E-state index in [4.69, 9.17) is 4.74 Å². The van der Waals surface area contributed by atoms with Crippen LogP contribution in [0.3, 0.4) is 0 Å². The normalized spacial score (nSPS) is 17.3. The van der Waals surface area contributed by atoms with Gasteiger partial charge in [-0.3, -0.25) is 19.0 Å². The van der Waals surface area contributed by atoms with Gasteiger partial charge in [-0.2, -0.15) is 0 Å². The second-order valence-corrected chi connectivity index (χ2v) is 7.70. The Hall–Kier alpha value is -3.27. The summed E-state index contributed by atoms with van der Waals surface area (Å²) in [5.41, 5.74) is -1.12. The zero-order chi connectivity index (χ0) is 21.6. The van der Waals surface area contributed by atoms with E-state index in [-0.39, 0.29) is 31.4 Å². The molecule has 0 atom stereocenters. The third-order valence-electron chi connectivity index (χ3n) is 5.30. The minimum Gasteiger partial charge on any atom is -0.501 e. The predicted octanol–water partition coefficient (Wildman–Crippen LogP) is 1.02. The van der Waals surface area contributed by atoms with Crippen molar-refractivity contribution in [1.29, 1.82) is 0 Å². The van der Waals surface area contributed by atoms with Crippen molar-refractivity contribution in [2.45, 2.75) is 39.0 Å². The molecule has 1 aromatic carbocycles. The number of nitrogens with zero attached hydrogens (tertiary/aromatic N) is 3. The minimum atomic E-state index is -0.901. The highest BCUT2D eigenvalue weighted by atomic mass is 19.1. The van der Waals surface area contributed by atoms with Crippen molar-refractivity contribution >= 4 is 17.5 Å². The van der Waals surface area contributed by atoms with Crippen LogP contribution in [0.4, 0.5) is 10.1 Å². The van der Waals surface area contributed by atoms with E-state index >= 15 is 0 Å². The molecule has 0 bridgehead atoms. The predicted molar refractivity (Wildman–Crippen MR) is 104 cm³/mol. The first-order chi connectivity index (χ1) is 14.2. The molecular weight excluding hydrogens is 395 g/mol. The molecule has 158 valence electrons. The first-order valence-corrected chi connectivity index (χ1v) is 9.54. The number of nitrogens with one attached hydrogen (secondary N) is 1. The van der Waals surface area contributed by atoms with Crippen LogP contribution in [0.1, 0.15) is 42.1 Å². The molecule has 9 nitrogen and oxygen atoms in total. The van der Waals surface area contributed by atoms with E-state index in [0.29, 0.717) is 24.2 Å². The minimum absolute atomic E-state index is 0.0440. The summed E-state index contributed by atoms with van der Waals surface area (Å²) >= 11 is 0. The number of carbonyl (C=O) groups excluding carboxylic acids is 2. The molecule has 4 rings (SSSR count). The second kappa shape index (κ2) is 7.21. The highest BCUT2D eigenvalue weighted by Gasteiger charge is 2.34. The first-order valence-electron chi connectivity index (χ1n) is 9.54. The summed E-state index contributed by atoms with van der Waals surface area (Å²) < 4.78 is 20.6. The average molecular weight is 416 g/mol. The van der Waals surface area contributed by atoms with Crippen molar-refractivity contribution in [3.63, 3.8) is 0 Å². The number of rotatable bonds is 4. The Morgan fingerprint density at radius 3 is 2.77 bits per heavy atom. The largest absolute Gasteiger partial charge is 0.501 e. The number of anilines is 1. The zero-order valence-corrected chi connectivity index (χ0v) is 16.6. The summed E-state index contributed by atoms with van der Waals surface area (Å²) in [6, 6.07) is 3.94. The number of benzene rings is 1. The quantitative estimate of drug-likeness (QED) is 0.720. The Bertz CT molecular complexity index is 1110. The summed E-state index contributed by atoms with van der Waals surface area (Å²) in [6.07, 6.45) is 0.386. The van der Waals surface area contributed by atoms with Crippen LogP contribution in [-0.4, -0.2) is 39.6 Å². The number of carbonyl (C=O) groups is 2. The highest BCUT2D eigenvalue weighted by Crippen LogP contribution is 2.29. The maximum Gasteiger partial charge on any atom is 0.296 e. The van der Waals surface area contributed by atoms with E-state index in [1.807, 2.05) is 0 Å². The van der Waals surface area contributed by atoms with Crippen LogP contribution in [0.15, 0.2) is 23.0 Å². The Kier molecular flexibility index (Phi) is 4.81. The van der Waals surface area contributed by atoms with E-state index in [1.165, 1.54) is 27.7 Å². The fourth-order valence-electron chi connectivity index (χ4n) is 3.59. The van der Waals surface area contributed by atoms with Gasteiger partial charge in [-0.05, 0) is 31.5 Å². The molecule has 0 saturated carbocycles. The van der Waals surface area contributed by atoms with Crippen molar-refractivity contribution in [1.82, 2.24) is 14.9 Å². The average Bonchev–Trinajstić information content (AvgIpc) is 2.68. The number of hydrogen-bond donors (Lipinski definition) is 2. The summed E-state index contributed by atoms with van der Waals surface area (Å²) in [4.78, 5) is 42.6. The third-order valence-corrected chi connectivity index (χ3v) is 5.30. The number of amides is 2. The van der Waals surface area contributed by atoms with Gasteiger partial charge >= 0.3 is 0 Å². The molecule has 0 spiro atoms. The van der Waals surface area contributed by atoms with Crippen molar-refractivity contribution in [3.8, 4) is 5.75 Å². The van der Waals surface area contributed by atoms with Gasteiger partial charge in [0.1, 0.15) is 17.2 Å². The Balaban J connectivity index is 1.61. The molecule has 0 unspecified atom stereocenters. The van der Waals surface area contributed by atoms with Crippen LogP contribution in [0, 0.1) is 5.82 Å². The monoisotopic (exact) mass is 416 g/mol. The molecule has 2 aliphatic heterocycles. The summed E-state index contributed by atoms with van der Waals surface area (Å²) in [7, 11) is 0. The molecule has 2 N–H and O–H groups in total. The lowest BCUT2D eigenvalue weighted by atomic mass is 10.1. The van der Waals surface area contributed by atoms with Crippen molar-refractivity contribution in [2.75, 3.05) is 18.1 Å². The number of β-lactam (4-membered cyclic amide) rings is 1. The van der Waals surface area contributed by atoms with Crippen LogP contribution in [0.25, 0.3) is 0 Å². The molecule has 2 amide bonds. The molecule has 1 saturated heterocycles. The number of hydrogen-bond acceptors (Lipinski definition) is 6. The number of aromatic nitrogens is 2. The molecular formula is C20H21FN4O5. The Morgan fingerprint density at radius 2 is 2.10 bits per heavy atom. The first kappa shape index (κ1) is 20.0. The lowest BCUT2D eigenvalue weighted by molar-refractivity contribution is -0.122. The van der Waals surface area contributed by atoms with Gasteiger partial charge in [0.2, 0.25) is 11.7 Å². The Morgan fingerprint density at radius 1 is 1.33 bits per heavy atom. The molecule has 3 heterocycles. The van der Waals surface area contributed by atoms with Crippen LogP contribution in [-0.2, 0) is 28.2 Å². The molecule has 2 aliphatic rings. The molecule has 0 radical (unpaired) electrons. The van der Waals surface area contributed by atoms with Crippen molar-refractivity contribution < 1.29 is 23.8 Å². The van der Waals surface area contributed by atoms with E-state index in [1.54, 1.807) is 13.8 Å². The standard InChI is InChI=1S/C20H21FN4O5/c1-20(2)19-23-15(16(27)18(29)25(19)7-8-30-20)17(28)22-10-11-3-4-12(21)9-13(11)24-6-5-14(24)26/h3-4,9,27H,5-8,10H2,1-2H3,(H,22,28). The van der Waals surface area contributed by atoms with Gasteiger partial charge in [-0.15, -0.1) is 0 Å². The van der Waals surface area contributed by atoms with Gasteiger partial charge in [-0.1, -0.05) is 6.07 Å². The van der Waals surface area contributed by atoms with Gasteiger partial charge in [0.25, 0.3) is 11.5 Å². The number of fused-ring (bicyclic) bond motifs is 1. The van der Waals surface area contributed by atoms with Gasteiger partial charge in [0.15, 0.2) is 5.69 Å². The van der Waals surface area contributed by atoms with Gasteiger partial charge < -0.3 is 20.1 Å². The SMILES string of the molecule is CC1(C)OCCn2c1nc(C(=O)NCc1ccc(F)cc1N1CCC1=O)c(O)c2=O. The van der Waals surface area contributed by atoms with E-state index < -0.39 is 34.3 Å². The smallest absolute Gasteiger partial charge is 0.296 e. The van der Waals surface area contributed by atoms with E-state index in [9.17, 15) is 23.9 Å². The number of halogens is 1. The van der Waals surface area contributed by atoms with Crippen molar-refractivity contribution in [2.24, 2.45) is 0 Å². The van der Waals surface area contributed by atoms with Crippen LogP contribution >= 0.6 is 0 Å². The molecule has 0 aliphatic carbocycles. The van der Waals surface area contributed by atoms with E-state index in [2.05, 4.69) is 10.3 Å². The maximum atomic E-state index is 13.7. The highest BCUT2D eigenvalue weighted by molar-refractivity contribution is 6.00. The third kappa shape index (κ3) is 3.32. The Labute approximate surface area is 171 Å². The lowest BCUT2D eigenvalue weighted by Crippen LogP contribution is -2.44. The fraction of sp³-hybridized carbons (Fsp3) is 0.400. The summed E-state index contributed by atoms with van der Waals surface area (Å²) in [6.45, 7) is 4.38. The molecule has 1 fully saturated rings. The molecule has 2 aromatic rings. The second-order valence-electron chi connectivity index (χ2n) is 7.70. The topological polar surface area (TPSA) is 114 Å². The molecule has 30 heavy (non-hydrogen) atoms. The summed E-state index contributed by atoms with van der Waals surface area (Å²) in [5, 5.41) is 12.8. The van der Waals surface area contributed by atoms with E-state index in [0.717, 1.165) is 0 Å². The molecule has 10 heteroatoms.